The number of imidazole rings is 1. The molecular weight excluding hydrogens is 368 g/mol. The van der Waals surface area contributed by atoms with Crippen LogP contribution in [-0.2, 0) is 13.6 Å². The lowest BCUT2D eigenvalue weighted by Gasteiger charge is -2.08. The number of aromatic nitrogens is 4. The number of unbranched alkanes of at least 4 members (excludes halogenated alkanes) is 1. The van der Waals surface area contributed by atoms with Crippen LogP contribution in [0.25, 0.3) is 11.2 Å². The normalized spacial score (nSPS) is 11.9. The van der Waals surface area contributed by atoms with Gasteiger partial charge in [0.25, 0.3) is 5.56 Å². The number of H-pyrrole nitrogens is 1. The first-order valence-corrected chi connectivity index (χ1v) is 9.06. The molecule has 0 atom stereocenters. The van der Waals surface area contributed by atoms with Gasteiger partial charge in [-0.3, -0.25) is 14.3 Å². The molecule has 0 aliphatic rings. The van der Waals surface area contributed by atoms with E-state index < -0.39 is 11.2 Å². The van der Waals surface area contributed by atoms with Crippen LogP contribution in [0.2, 0.25) is 5.02 Å². The average molecular weight is 389 g/mol. The van der Waals surface area contributed by atoms with Gasteiger partial charge in [-0.15, -0.1) is 0 Å². The van der Waals surface area contributed by atoms with Gasteiger partial charge in [-0.05, 0) is 31.0 Å². The first-order chi connectivity index (χ1) is 12.9. The molecule has 0 unspecified atom stereocenters. The number of aromatic amines is 1. The van der Waals surface area contributed by atoms with Gasteiger partial charge in [0.1, 0.15) is 0 Å². The van der Waals surface area contributed by atoms with Crippen LogP contribution < -0.4 is 16.7 Å². The molecule has 0 saturated carbocycles. The van der Waals surface area contributed by atoms with Gasteiger partial charge < -0.3 is 4.57 Å². The Bertz CT molecular complexity index is 1110. The van der Waals surface area contributed by atoms with E-state index in [9.17, 15) is 9.59 Å². The molecule has 9 heteroatoms. The van der Waals surface area contributed by atoms with Crippen LogP contribution in [0.4, 0.5) is 5.95 Å². The fourth-order valence-electron chi connectivity index (χ4n) is 2.74. The topological polar surface area (TPSA) is 97.1 Å². The number of halogens is 1. The second-order valence-corrected chi connectivity index (χ2v) is 6.68. The monoisotopic (exact) mass is 388 g/mol. The molecule has 0 aliphatic heterocycles. The molecule has 2 aromatic heterocycles. The molecule has 3 rings (SSSR count). The minimum Gasteiger partial charge on any atom is -0.303 e. The Balaban J connectivity index is 2.05. The molecule has 0 spiro atoms. The van der Waals surface area contributed by atoms with Crippen LogP contribution >= 0.6 is 11.6 Å². The van der Waals surface area contributed by atoms with Gasteiger partial charge in [-0.2, -0.15) is 10.1 Å². The zero-order chi connectivity index (χ0) is 19.6. The number of nitrogens with zero attached hydrogens (tertiary/aromatic N) is 4. The predicted octanol–water partition coefficient (Wildman–Crippen LogP) is 2.71. The van der Waals surface area contributed by atoms with Crippen molar-refractivity contribution in [1.82, 2.24) is 19.1 Å². The Hall–Kier alpha value is -2.87. The number of nitrogens with one attached hydrogen (secondary N) is 2. The fourth-order valence-corrected chi connectivity index (χ4v) is 2.87. The summed E-state index contributed by atoms with van der Waals surface area (Å²) < 4.78 is 3.08. The predicted molar refractivity (Wildman–Crippen MR) is 108 cm³/mol. The molecule has 2 heterocycles. The Morgan fingerprint density at radius 2 is 2.00 bits per heavy atom. The molecule has 3 aromatic rings. The molecular formula is C18H21ClN6O2. The molecule has 142 valence electrons. The van der Waals surface area contributed by atoms with Crippen molar-refractivity contribution in [2.45, 2.75) is 33.2 Å². The maximum Gasteiger partial charge on any atom is 0.329 e. The molecule has 8 nitrogen and oxygen atoms in total. The van der Waals surface area contributed by atoms with Gasteiger partial charge in [-0.25, -0.2) is 10.2 Å². The van der Waals surface area contributed by atoms with Crippen molar-refractivity contribution in [3.8, 4) is 0 Å². The smallest absolute Gasteiger partial charge is 0.303 e. The van der Waals surface area contributed by atoms with Gasteiger partial charge >= 0.3 is 5.69 Å². The summed E-state index contributed by atoms with van der Waals surface area (Å²) in [5, 5.41) is 5.03. The summed E-state index contributed by atoms with van der Waals surface area (Å²) in [5.41, 5.74) is 4.31. The summed E-state index contributed by atoms with van der Waals surface area (Å²) in [5.74, 6) is 0.415. The molecule has 2 N–H and O–H groups in total. The van der Waals surface area contributed by atoms with Crippen molar-refractivity contribution in [2.75, 3.05) is 5.43 Å². The van der Waals surface area contributed by atoms with Gasteiger partial charge in [0.15, 0.2) is 11.2 Å². The van der Waals surface area contributed by atoms with E-state index in [0.717, 1.165) is 24.1 Å². The van der Waals surface area contributed by atoms with E-state index in [1.807, 2.05) is 19.1 Å². The second kappa shape index (κ2) is 7.79. The van der Waals surface area contributed by atoms with Gasteiger partial charge in [0, 0.05) is 18.6 Å². The Morgan fingerprint density at radius 1 is 1.30 bits per heavy atom. The Labute approximate surface area is 160 Å². The first-order valence-electron chi connectivity index (χ1n) is 8.68. The fraction of sp³-hybridized carbons (Fsp3) is 0.333. The van der Waals surface area contributed by atoms with Crippen molar-refractivity contribution < 1.29 is 0 Å². The van der Waals surface area contributed by atoms with Gasteiger partial charge in [0.05, 0.1) is 5.71 Å². The highest BCUT2D eigenvalue weighted by Crippen LogP contribution is 2.17. The maximum atomic E-state index is 12.3. The van der Waals surface area contributed by atoms with E-state index >= 15 is 0 Å². The molecule has 27 heavy (non-hydrogen) atoms. The van der Waals surface area contributed by atoms with Crippen LogP contribution in [0.15, 0.2) is 39.0 Å². The van der Waals surface area contributed by atoms with Crippen LogP contribution in [-0.4, -0.2) is 24.8 Å². The highest BCUT2D eigenvalue weighted by Gasteiger charge is 2.16. The lowest BCUT2D eigenvalue weighted by Crippen LogP contribution is -2.29. The summed E-state index contributed by atoms with van der Waals surface area (Å²) in [6.45, 7) is 4.51. The third-order valence-corrected chi connectivity index (χ3v) is 4.58. The van der Waals surface area contributed by atoms with E-state index in [4.69, 9.17) is 11.6 Å². The zero-order valence-electron chi connectivity index (χ0n) is 15.4. The summed E-state index contributed by atoms with van der Waals surface area (Å²) in [4.78, 5) is 31.0. The van der Waals surface area contributed by atoms with Crippen LogP contribution in [0.1, 0.15) is 32.3 Å². The number of rotatable bonds is 6. The molecule has 0 amide bonds. The molecule has 0 radical (unpaired) electrons. The van der Waals surface area contributed by atoms with Crippen LogP contribution in [0, 0.1) is 0 Å². The third kappa shape index (κ3) is 3.80. The number of aryl methyl sites for hydroxylation is 2. The Kier molecular flexibility index (Phi) is 5.46. The molecule has 0 bridgehead atoms. The van der Waals surface area contributed by atoms with Crippen LogP contribution in [0.5, 0.6) is 0 Å². The number of fused-ring (bicyclic) bond motifs is 1. The second-order valence-electron chi connectivity index (χ2n) is 6.25. The van der Waals surface area contributed by atoms with E-state index in [1.165, 1.54) is 4.57 Å². The quantitative estimate of drug-likeness (QED) is 0.501. The first kappa shape index (κ1) is 18.9. The molecule has 1 aromatic carbocycles. The van der Waals surface area contributed by atoms with Crippen molar-refractivity contribution in [2.24, 2.45) is 12.1 Å². The third-order valence-electron chi connectivity index (χ3n) is 4.33. The number of benzene rings is 1. The summed E-state index contributed by atoms with van der Waals surface area (Å²) in [6, 6.07) is 7.33. The summed E-state index contributed by atoms with van der Waals surface area (Å²) in [6.07, 6.45) is 1.82. The van der Waals surface area contributed by atoms with Crippen molar-refractivity contribution in [1.29, 1.82) is 0 Å². The maximum absolute atomic E-state index is 12.3. The van der Waals surface area contributed by atoms with Crippen molar-refractivity contribution >= 4 is 34.4 Å². The van der Waals surface area contributed by atoms with E-state index in [2.05, 4.69) is 27.4 Å². The molecule has 0 fully saturated rings. The summed E-state index contributed by atoms with van der Waals surface area (Å²) >= 11 is 5.92. The molecule has 0 aliphatic carbocycles. The number of hydrogen-bond donors (Lipinski definition) is 2. The Morgan fingerprint density at radius 3 is 2.67 bits per heavy atom. The number of anilines is 1. The average Bonchev–Trinajstić information content (AvgIpc) is 3.02. The summed E-state index contributed by atoms with van der Waals surface area (Å²) in [7, 11) is 1.57. The van der Waals surface area contributed by atoms with E-state index in [1.54, 1.807) is 23.7 Å². The number of hydrogen-bond acceptors (Lipinski definition) is 5. The SMILES string of the molecule is CCCCn1c(NN=C(C)c2ccc(Cl)cc2)nc2c1c(=O)[nH]c(=O)n2C. The van der Waals surface area contributed by atoms with Crippen molar-refractivity contribution in [3.63, 3.8) is 0 Å². The standard InChI is InChI=1S/C18H21ClN6O2/c1-4-5-10-25-14-15(24(3)18(27)21-16(14)26)20-17(25)23-22-11(2)12-6-8-13(19)9-7-12/h6-9H,4-5,10H2,1-3H3,(H,20,23)(H,21,26,27). The lowest BCUT2D eigenvalue weighted by atomic mass is 10.1. The minimum atomic E-state index is -0.500. The van der Waals surface area contributed by atoms with Crippen molar-refractivity contribution in [3.05, 3.63) is 55.7 Å². The number of hydrazone groups is 1. The lowest BCUT2D eigenvalue weighted by molar-refractivity contribution is 0.647. The minimum absolute atomic E-state index is 0.321. The zero-order valence-corrected chi connectivity index (χ0v) is 16.2. The highest BCUT2D eigenvalue weighted by molar-refractivity contribution is 6.30. The van der Waals surface area contributed by atoms with Gasteiger partial charge in [0.2, 0.25) is 5.95 Å². The largest absolute Gasteiger partial charge is 0.329 e. The van der Waals surface area contributed by atoms with E-state index in [-0.39, 0.29) is 0 Å². The van der Waals surface area contributed by atoms with E-state index in [0.29, 0.717) is 28.7 Å². The van der Waals surface area contributed by atoms with Gasteiger partial charge in [-0.1, -0.05) is 37.1 Å². The van der Waals surface area contributed by atoms with Crippen LogP contribution in [0.3, 0.4) is 0 Å². The molecule has 0 saturated heterocycles. The highest BCUT2D eigenvalue weighted by atomic mass is 35.5.